The van der Waals surface area contributed by atoms with Crippen LogP contribution in [0.15, 0.2) is 42.5 Å². The van der Waals surface area contributed by atoms with E-state index in [0.29, 0.717) is 21.3 Å². The van der Waals surface area contributed by atoms with E-state index < -0.39 is 18.0 Å². The van der Waals surface area contributed by atoms with Gasteiger partial charge in [0.05, 0.1) is 5.69 Å². The second-order valence-electron chi connectivity index (χ2n) is 5.14. The van der Waals surface area contributed by atoms with Crippen molar-refractivity contribution in [2.75, 3.05) is 4.90 Å². The lowest BCUT2D eigenvalue weighted by atomic mass is 10.0. The number of imide groups is 1. The molecule has 3 amide bonds. The van der Waals surface area contributed by atoms with Gasteiger partial charge in [0.25, 0.3) is 5.91 Å². The van der Waals surface area contributed by atoms with Crippen molar-refractivity contribution in [3.05, 3.63) is 58.1 Å². The Hall–Kier alpha value is -2.24. The molecule has 23 heavy (non-hydrogen) atoms. The van der Waals surface area contributed by atoms with Crippen LogP contribution in [0.1, 0.15) is 5.56 Å². The van der Waals surface area contributed by atoms with Crippen LogP contribution in [0.2, 0.25) is 10.0 Å². The van der Waals surface area contributed by atoms with E-state index >= 15 is 0 Å². The fraction of sp³-hybridized carbons (Fsp3) is 0.125. The lowest BCUT2D eigenvalue weighted by Gasteiger charge is -2.14. The maximum atomic E-state index is 12.5. The van der Waals surface area contributed by atoms with Crippen LogP contribution < -0.4 is 10.2 Å². The Morgan fingerprint density at radius 3 is 2.39 bits per heavy atom. The molecule has 1 fully saturated rings. The number of anilines is 1. The average Bonchev–Trinajstić information content (AvgIpc) is 2.75. The van der Waals surface area contributed by atoms with Crippen molar-refractivity contribution in [3.63, 3.8) is 0 Å². The molecule has 7 heteroatoms. The van der Waals surface area contributed by atoms with E-state index in [4.69, 9.17) is 23.2 Å². The fourth-order valence-electron chi connectivity index (χ4n) is 2.49. The number of rotatable bonds is 3. The Labute approximate surface area is 142 Å². The first-order chi connectivity index (χ1) is 11.0. The zero-order chi connectivity index (χ0) is 16.6. The first-order valence-corrected chi connectivity index (χ1v) is 7.59. The van der Waals surface area contributed by atoms with Gasteiger partial charge in [0.2, 0.25) is 0 Å². The predicted molar refractivity (Wildman–Crippen MR) is 88.1 cm³/mol. The summed E-state index contributed by atoms with van der Waals surface area (Å²) < 4.78 is 0. The Bertz CT molecular complexity index is 774. The third-order valence-electron chi connectivity index (χ3n) is 3.54. The number of aromatic hydroxyl groups is 1. The standard InChI is InChI=1S/C16H12Cl2N2O3/c17-10-6-11(18)8-12(7-10)20-15(22)13(19-16(20)23)5-9-3-1-2-4-14(9)21/h1-4,6-8,13,21H,5H2,(H,19,23). The van der Waals surface area contributed by atoms with E-state index in [-0.39, 0.29) is 12.2 Å². The molecule has 5 nitrogen and oxygen atoms in total. The summed E-state index contributed by atoms with van der Waals surface area (Å²) in [6.45, 7) is 0. The third kappa shape index (κ3) is 3.11. The minimum atomic E-state index is -0.756. The minimum Gasteiger partial charge on any atom is -0.508 e. The Kier molecular flexibility index (Phi) is 4.15. The van der Waals surface area contributed by atoms with Crippen molar-refractivity contribution in [1.82, 2.24) is 5.32 Å². The lowest BCUT2D eigenvalue weighted by molar-refractivity contribution is -0.118. The van der Waals surface area contributed by atoms with E-state index in [1.165, 1.54) is 24.3 Å². The van der Waals surface area contributed by atoms with Crippen LogP contribution in [0, 0.1) is 0 Å². The number of nitrogens with zero attached hydrogens (tertiary/aromatic N) is 1. The van der Waals surface area contributed by atoms with Crippen molar-refractivity contribution in [1.29, 1.82) is 0 Å². The number of benzene rings is 2. The number of nitrogens with one attached hydrogen (secondary N) is 1. The number of phenolic OH excluding ortho intramolecular Hbond substituents is 1. The SMILES string of the molecule is O=C1NC(Cc2ccccc2O)C(=O)N1c1cc(Cl)cc(Cl)c1. The zero-order valence-electron chi connectivity index (χ0n) is 11.8. The molecule has 1 aliphatic heterocycles. The Balaban J connectivity index is 1.87. The Morgan fingerprint density at radius 1 is 1.09 bits per heavy atom. The highest BCUT2D eigenvalue weighted by Crippen LogP contribution is 2.29. The molecule has 3 rings (SSSR count). The van der Waals surface area contributed by atoms with Gasteiger partial charge in [-0.3, -0.25) is 4.79 Å². The molecule has 0 radical (unpaired) electrons. The average molecular weight is 351 g/mol. The number of halogens is 2. The van der Waals surface area contributed by atoms with Crippen molar-refractivity contribution in [3.8, 4) is 5.75 Å². The van der Waals surface area contributed by atoms with Gasteiger partial charge in [0.1, 0.15) is 11.8 Å². The minimum absolute atomic E-state index is 0.0822. The zero-order valence-corrected chi connectivity index (χ0v) is 13.3. The van der Waals surface area contributed by atoms with Crippen molar-refractivity contribution in [2.24, 2.45) is 0 Å². The highest BCUT2D eigenvalue weighted by Gasteiger charge is 2.39. The molecule has 0 aromatic heterocycles. The highest BCUT2D eigenvalue weighted by atomic mass is 35.5. The number of hydrogen-bond acceptors (Lipinski definition) is 3. The molecule has 1 unspecified atom stereocenters. The quantitative estimate of drug-likeness (QED) is 0.833. The molecule has 1 aliphatic rings. The van der Waals surface area contributed by atoms with Crippen LogP contribution in [-0.2, 0) is 11.2 Å². The smallest absolute Gasteiger partial charge is 0.329 e. The predicted octanol–water partition coefficient (Wildman–Crippen LogP) is 3.37. The number of urea groups is 1. The summed E-state index contributed by atoms with van der Waals surface area (Å²) in [7, 11) is 0. The van der Waals surface area contributed by atoms with E-state index in [1.807, 2.05) is 0 Å². The lowest BCUT2D eigenvalue weighted by Crippen LogP contribution is -2.32. The second-order valence-corrected chi connectivity index (χ2v) is 6.01. The topological polar surface area (TPSA) is 69.6 Å². The highest BCUT2D eigenvalue weighted by molar-refractivity contribution is 6.35. The maximum Gasteiger partial charge on any atom is 0.329 e. The van der Waals surface area contributed by atoms with Gasteiger partial charge in [-0.1, -0.05) is 41.4 Å². The Morgan fingerprint density at radius 2 is 1.74 bits per heavy atom. The number of amides is 3. The number of hydrogen-bond donors (Lipinski definition) is 2. The first-order valence-electron chi connectivity index (χ1n) is 6.83. The molecule has 1 heterocycles. The summed E-state index contributed by atoms with van der Waals surface area (Å²) in [5, 5.41) is 13.1. The van der Waals surface area contributed by atoms with Gasteiger partial charge in [0, 0.05) is 16.5 Å². The molecule has 1 atom stereocenters. The molecule has 0 spiro atoms. The largest absolute Gasteiger partial charge is 0.508 e. The molecular weight excluding hydrogens is 339 g/mol. The van der Waals surface area contributed by atoms with Crippen molar-refractivity contribution >= 4 is 40.8 Å². The van der Waals surface area contributed by atoms with Gasteiger partial charge in [-0.15, -0.1) is 0 Å². The number of para-hydroxylation sites is 1. The summed E-state index contributed by atoms with van der Waals surface area (Å²) in [4.78, 5) is 25.7. The van der Waals surface area contributed by atoms with Crippen LogP contribution in [0.25, 0.3) is 0 Å². The molecule has 1 saturated heterocycles. The summed E-state index contributed by atoms with van der Waals surface area (Å²) in [6.07, 6.45) is 0.196. The number of carbonyl (C=O) groups is 2. The monoisotopic (exact) mass is 350 g/mol. The van der Waals surface area contributed by atoms with E-state index in [1.54, 1.807) is 18.2 Å². The van der Waals surface area contributed by atoms with E-state index in [2.05, 4.69) is 5.32 Å². The van der Waals surface area contributed by atoms with Crippen LogP contribution in [0.4, 0.5) is 10.5 Å². The van der Waals surface area contributed by atoms with Crippen LogP contribution in [-0.4, -0.2) is 23.1 Å². The summed E-state index contributed by atoms with van der Waals surface area (Å²) in [5.74, 6) is -0.338. The second kappa shape index (κ2) is 6.10. The molecule has 118 valence electrons. The number of carbonyl (C=O) groups excluding carboxylic acids is 2. The van der Waals surface area contributed by atoms with Crippen LogP contribution in [0.3, 0.4) is 0 Å². The van der Waals surface area contributed by atoms with Crippen molar-refractivity contribution in [2.45, 2.75) is 12.5 Å². The normalized spacial score (nSPS) is 17.5. The molecule has 0 bridgehead atoms. The van der Waals surface area contributed by atoms with E-state index in [0.717, 1.165) is 4.90 Å². The van der Waals surface area contributed by atoms with Gasteiger partial charge >= 0.3 is 6.03 Å². The molecule has 0 saturated carbocycles. The first kappa shape index (κ1) is 15.6. The summed E-state index contributed by atoms with van der Waals surface area (Å²) >= 11 is 11.8. The summed E-state index contributed by atoms with van der Waals surface area (Å²) in [5.41, 5.74) is 0.891. The van der Waals surface area contributed by atoms with Crippen LogP contribution >= 0.6 is 23.2 Å². The van der Waals surface area contributed by atoms with Gasteiger partial charge in [-0.05, 0) is 29.8 Å². The maximum absolute atomic E-state index is 12.5. The third-order valence-corrected chi connectivity index (χ3v) is 3.98. The van der Waals surface area contributed by atoms with Gasteiger partial charge in [0.15, 0.2) is 0 Å². The molecule has 2 aromatic carbocycles. The molecule has 0 aliphatic carbocycles. The molecule has 2 aromatic rings. The number of phenols is 1. The molecule has 2 N–H and O–H groups in total. The fourth-order valence-corrected chi connectivity index (χ4v) is 3.00. The van der Waals surface area contributed by atoms with Gasteiger partial charge < -0.3 is 10.4 Å². The van der Waals surface area contributed by atoms with E-state index in [9.17, 15) is 14.7 Å². The van der Waals surface area contributed by atoms with Crippen LogP contribution in [0.5, 0.6) is 5.75 Å². The van der Waals surface area contributed by atoms with Crippen molar-refractivity contribution < 1.29 is 14.7 Å². The van der Waals surface area contributed by atoms with Gasteiger partial charge in [-0.2, -0.15) is 0 Å². The summed E-state index contributed by atoms with van der Waals surface area (Å²) in [6, 6.07) is 9.88. The van der Waals surface area contributed by atoms with Gasteiger partial charge in [-0.25, -0.2) is 9.69 Å². The molecular formula is C16H12Cl2N2O3.